The Labute approximate surface area is 122 Å². The van der Waals surface area contributed by atoms with E-state index in [1.165, 1.54) is 18.4 Å². The number of nitrogens with zero attached hydrogens (tertiary/aromatic N) is 1. The number of benzene rings is 1. The van der Waals surface area contributed by atoms with Gasteiger partial charge in [-0.3, -0.25) is 4.79 Å². The van der Waals surface area contributed by atoms with Crippen molar-refractivity contribution in [2.24, 2.45) is 0 Å². The van der Waals surface area contributed by atoms with E-state index >= 15 is 0 Å². The van der Waals surface area contributed by atoms with Gasteiger partial charge in [0.25, 0.3) is 0 Å². The molecule has 1 aromatic carbocycles. The molecule has 0 N–H and O–H groups in total. The van der Waals surface area contributed by atoms with Crippen molar-refractivity contribution in [2.75, 3.05) is 7.11 Å². The number of carbonyl (C=O) groups is 1. The molecule has 0 fully saturated rings. The van der Waals surface area contributed by atoms with Crippen LogP contribution < -0.4 is 4.74 Å². The van der Waals surface area contributed by atoms with E-state index in [-0.39, 0.29) is 5.78 Å². The lowest BCUT2D eigenvalue weighted by molar-refractivity contribution is 0.0980. The van der Waals surface area contributed by atoms with E-state index in [4.69, 9.17) is 4.74 Å². The molecular formula is C16H15NO2S. The van der Waals surface area contributed by atoms with Gasteiger partial charge in [-0.25, -0.2) is 0 Å². The molecule has 0 aliphatic heterocycles. The highest BCUT2D eigenvalue weighted by Gasteiger charge is 2.25. The first-order valence-electron chi connectivity index (χ1n) is 6.21. The molecule has 0 saturated heterocycles. The number of carbonyl (C=O) groups excluding carboxylic acids is 1. The van der Waals surface area contributed by atoms with Gasteiger partial charge in [-0.05, 0) is 42.0 Å². The lowest BCUT2D eigenvalue weighted by Gasteiger charge is -2.10. The third-order valence-electron chi connectivity index (χ3n) is 3.33. The van der Waals surface area contributed by atoms with Crippen LogP contribution in [0.5, 0.6) is 5.75 Å². The number of methoxy groups -OCH3 is 1. The molecule has 0 spiro atoms. The lowest BCUT2D eigenvalue weighted by atomic mass is 9.92. The van der Waals surface area contributed by atoms with Crippen LogP contribution in [0.2, 0.25) is 0 Å². The summed E-state index contributed by atoms with van der Waals surface area (Å²) in [4.78, 5) is 13.0. The molecule has 1 unspecified atom stereocenters. The summed E-state index contributed by atoms with van der Waals surface area (Å²) < 4.78 is 5.16. The summed E-state index contributed by atoms with van der Waals surface area (Å²) >= 11 is 1.30. The zero-order valence-electron chi connectivity index (χ0n) is 11.6. The van der Waals surface area contributed by atoms with Crippen molar-refractivity contribution < 1.29 is 9.53 Å². The molecule has 1 aromatic heterocycles. The lowest BCUT2D eigenvalue weighted by Crippen LogP contribution is -2.11. The van der Waals surface area contributed by atoms with Gasteiger partial charge in [0.05, 0.1) is 13.2 Å². The molecule has 1 heterocycles. The average Bonchev–Trinajstić information content (AvgIpc) is 2.91. The number of hydrogen-bond acceptors (Lipinski definition) is 4. The standard InChI is InChI=1S/C16H15NO2S/c1-10-4-5-12(8-11(10)2)13(9-17)15(18)16-14(19-3)6-7-20-16/h4-8,13H,1-3H3. The summed E-state index contributed by atoms with van der Waals surface area (Å²) in [6.45, 7) is 3.98. The van der Waals surface area contributed by atoms with Gasteiger partial charge >= 0.3 is 0 Å². The SMILES string of the molecule is COc1ccsc1C(=O)C(C#N)c1ccc(C)c(C)c1. The summed E-state index contributed by atoms with van der Waals surface area (Å²) in [5, 5.41) is 11.2. The van der Waals surface area contributed by atoms with Gasteiger partial charge in [-0.15, -0.1) is 11.3 Å². The van der Waals surface area contributed by atoms with E-state index in [1.807, 2.05) is 32.0 Å². The van der Waals surface area contributed by atoms with Crippen molar-refractivity contribution in [3.63, 3.8) is 0 Å². The normalized spacial score (nSPS) is 11.7. The fraction of sp³-hybridized carbons (Fsp3) is 0.250. The molecule has 0 aliphatic carbocycles. The van der Waals surface area contributed by atoms with Crippen molar-refractivity contribution in [1.29, 1.82) is 5.26 Å². The first-order chi connectivity index (χ1) is 9.58. The first kappa shape index (κ1) is 14.3. The van der Waals surface area contributed by atoms with Gasteiger partial charge in [0.2, 0.25) is 0 Å². The van der Waals surface area contributed by atoms with Gasteiger partial charge in [0.1, 0.15) is 16.5 Å². The Bertz CT molecular complexity index is 682. The molecule has 0 amide bonds. The number of aryl methyl sites for hydroxylation is 2. The fourth-order valence-electron chi connectivity index (χ4n) is 2.00. The summed E-state index contributed by atoms with van der Waals surface area (Å²) in [5.74, 6) is -0.464. The number of ketones is 1. The molecule has 2 rings (SSSR count). The number of rotatable bonds is 4. The maximum atomic E-state index is 12.5. The predicted octanol–water partition coefficient (Wildman–Crippen LogP) is 3.86. The number of Topliss-reactive ketones (excluding diaryl/α,β-unsaturated/α-hetero) is 1. The van der Waals surface area contributed by atoms with Crippen LogP contribution in [0.1, 0.15) is 32.3 Å². The Morgan fingerprint density at radius 1 is 1.30 bits per heavy atom. The van der Waals surface area contributed by atoms with Crippen molar-refractivity contribution in [3.05, 3.63) is 51.2 Å². The number of nitriles is 1. The Morgan fingerprint density at radius 3 is 2.65 bits per heavy atom. The summed E-state index contributed by atoms with van der Waals surface area (Å²) in [5.41, 5.74) is 2.95. The maximum absolute atomic E-state index is 12.5. The van der Waals surface area contributed by atoms with Crippen LogP contribution in [0.15, 0.2) is 29.6 Å². The quantitative estimate of drug-likeness (QED) is 0.801. The molecule has 0 bridgehead atoms. The second kappa shape index (κ2) is 5.89. The first-order valence-corrected chi connectivity index (χ1v) is 7.09. The van der Waals surface area contributed by atoms with Crippen molar-refractivity contribution >= 4 is 17.1 Å². The summed E-state index contributed by atoms with van der Waals surface area (Å²) in [6, 6.07) is 9.53. The molecule has 2 aromatic rings. The maximum Gasteiger partial charge on any atom is 0.198 e. The molecule has 3 nitrogen and oxygen atoms in total. The largest absolute Gasteiger partial charge is 0.495 e. The van der Waals surface area contributed by atoms with Crippen LogP contribution in [0, 0.1) is 25.2 Å². The molecule has 4 heteroatoms. The van der Waals surface area contributed by atoms with Gasteiger partial charge in [0.15, 0.2) is 5.78 Å². The van der Waals surface area contributed by atoms with E-state index in [9.17, 15) is 10.1 Å². The smallest absolute Gasteiger partial charge is 0.198 e. The second-order valence-corrected chi connectivity index (χ2v) is 5.50. The van der Waals surface area contributed by atoms with Crippen LogP contribution in [0.4, 0.5) is 0 Å². The Morgan fingerprint density at radius 2 is 2.05 bits per heavy atom. The van der Waals surface area contributed by atoms with Gasteiger partial charge in [0, 0.05) is 0 Å². The number of hydrogen-bond donors (Lipinski definition) is 0. The zero-order valence-corrected chi connectivity index (χ0v) is 12.5. The van der Waals surface area contributed by atoms with Gasteiger partial charge in [-0.1, -0.05) is 18.2 Å². The monoisotopic (exact) mass is 285 g/mol. The average molecular weight is 285 g/mol. The fourth-order valence-corrected chi connectivity index (χ4v) is 2.83. The minimum absolute atomic E-state index is 0.206. The Hall–Kier alpha value is -2.12. The molecule has 0 aliphatic rings. The zero-order chi connectivity index (χ0) is 14.7. The molecular weight excluding hydrogens is 270 g/mol. The summed E-state index contributed by atoms with van der Waals surface area (Å²) in [6.07, 6.45) is 0. The van der Waals surface area contributed by atoms with Gasteiger partial charge in [-0.2, -0.15) is 5.26 Å². The minimum atomic E-state index is -0.790. The van der Waals surface area contributed by atoms with Crippen LogP contribution >= 0.6 is 11.3 Å². The van der Waals surface area contributed by atoms with E-state index in [0.717, 1.165) is 16.7 Å². The Kier molecular flexibility index (Phi) is 4.21. The molecule has 102 valence electrons. The van der Waals surface area contributed by atoms with Gasteiger partial charge < -0.3 is 4.74 Å². The van der Waals surface area contributed by atoms with Crippen LogP contribution in [0.25, 0.3) is 0 Å². The van der Waals surface area contributed by atoms with Crippen molar-refractivity contribution in [2.45, 2.75) is 19.8 Å². The molecule has 0 saturated carbocycles. The Balaban J connectivity index is 2.40. The third kappa shape index (κ3) is 2.59. The van der Waals surface area contributed by atoms with E-state index in [1.54, 1.807) is 11.4 Å². The highest BCUT2D eigenvalue weighted by atomic mass is 32.1. The highest BCUT2D eigenvalue weighted by molar-refractivity contribution is 7.12. The van der Waals surface area contributed by atoms with Crippen LogP contribution in [-0.4, -0.2) is 12.9 Å². The number of ether oxygens (including phenoxy) is 1. The predicted molar refractivity (Wildman–Crippen MR) is 79.5 cm³/mol. The minimum Gasteiger partial charge on any atom is -0.495 e. The third-order valence-corrected chi connectivity index (χ3v) is 4.24. The number of thiophene rings is 1. The van der Waals surface area contributed by atoms with E-state index < -0.39 is 5.92 Å². The van der Waals surface area contributed by atoms with E-state index in [0.29, 0.717) is 10.6 Å². The van der Waals surface area contributed by atoms with E-state index in [2.05, 4.69) is 6.07 Å². The van der Waals surface area contributed by atoms with Crippen molar-refractivity contribution in [1.82, 2.24) is 0 Å². The van der Waals surface area contributed by atoms with Crippen molar-refractivity contribution in [3.8, 4) is 11.8 Å². The second-order valence-electron chi connectivity index (χ2n) is 4.59. The molecule has 0 radical (unpaired) electrons. The van der Waals surface area contributed by atoms with Crippen LogP contribution in [-0.2, 0) is 0 Å². The summed E-state index contributed by atoms with van der Waals surface area (Å²) in [7, 11) is 1.52. The highest BCUT2D eigenvalue weighted by Crippen LogP contribution is 2.31. The topological polar surface area (TPSA) is 50.1 Å². The van der Waals surface area contributed by atoms with Crippen LogP contribution in [0.3, 0.4) is 0 Å². The molecule has 20 heavy (non-hydrogen) atoms. The molecule has 1 atom stereocenters.